The number of methoxy groups -OCH3 is 1. The monoisotopic (exact) mass is 279 g/mol. The number of benzene rings is 1. The highest BCUT2D eigenvalue weighted by Gasteiger charge is 2.06. The van der Waals surface area contributed by atoms with Crippen LogP contribution in [0.1, 0.15) is 9.75 Å². The summed E-state index contributed by atoms with van der Waals surface area (Å²) in [5.74, 6) is -0.506. The summed E-state index contributed by atoms with van der Waals surface area (Å²) >= 11 is 1.54. The molecule has 0 amide bonds. The molecule has 0 unspecified atom stereocenters. The number of thiophene rings is 1. The summed E-state index contributed by atoms with van der Waals surface area (Å²) in [5.41, 5.74) is 0.739. The van der Waals surface area contributed by atoms with Crippen molar-refractivity contribution in [3.63, 3.8) is 0 Å². The predicted octanol–water partition coefficient (Wildman–Crippen LogP) is 3.21. The molecule has 0 aliphatic carbocycles. The number of hydrogen-bond donors (Lipinski definition) is 1. The summed E-state index contributed by atoms with van der Waals surface area (Å²) in [4.78, 5) is 13.2. The molecule has 0 spiro atoms. The maximum atomic E-state index is 13.0. The Kier molecular flexibility index (Phi) is 4.52. The number of rotatable bonds is 5. The molecule has 0 atom stereocenters. The molecule has 3 nitrogen and oxygen atoms in total. The molecule has 0 aliphatic heterocycles. The van der Waals surface area contributed by atoms with Gasteiger partial charge in [0.1, 0.15) is 5.82 Å². The van der Waals surface area contributed by atoms with Crippen molar-refractivity contribution in [2.75, 3.05) is 12.4 Å². The van der Waals surface area contributed by atoms with E-state index in [1.807, 2.05) is 18.2 Å². The van der Waals surface area contributed by atoms with Crippen LogP contribution >= 0.6 is 11.3 Å². The Morgan fingerprint density at radius 1 is 1.32 bits per heavy atom. The number of ether oxygens (including phenoxy) is 1. The Hall–Kier alpha value is -1.88. The van der Waals surface area contributed by atoms with Gasteiger partial charge in [0, 0.05) is 22.0 Å². The van der Waals surface area contributed by atoms with Crippen molar-refractivity contribution in [2.24, 2.45) is 0 Å². The SMILES string of the molecule is COC(=O)Cc1ccc(CNc2cccc(F)c2)s1. The Balaban J connectivity index is 1.91. The Morgan fingerprint density at radius 2 is 2.11 bits per heavy atom. The number of halogens is 1. The second-order valence-corrected chi connectivity index (χ2v) is 5.24. The van der Waals surface area contributed by atoms with Gasteiger partial charge in [-0.15, -0.1) is 11.3 Å². The zero-order valence-electron chi connectivity index (χ0n) is 10.5. The van der Waals surface area contributed by atoms with Gasteiger partial charge in [-0.05, 0) is 30.3 Å². The average molecular weight is 279 g/mol. The van der Waals surface area contributed by atoms with Gasteiger partial charge >= 0.3 is 5.97 Å². The first-order chi connectivity index (χ1) is 9.17. The Morgan fingerprint density at radius 3 is 2.84 bits per heavy atom. The molecule has 19 heavy (non-hydrogen) atoms. The number of carbonyl (C=O) groups excluding carboxylic acids is 1. The molecule has 0 fully saturated rings. The number of anilines is 1. The number of esters is 1. The third kappa shape index (κ3) is 4.06. The van der Waals surface area contributed by atoms with Gasteiger partial charge in [0.25, 0.3) is 0 Å². The number of carbonyl (C=O) groups is 1. The molecule has 100 valence electrons. The molecule has 5 heteroatoms. The maximum Gasteiger partial charge on any atom is 0.310 e. The van der Waals surface area contributed by atoms with E-state index in [1.54, 1.807) is 17.4 Å². The maximum absolute atomic E-state index is 13.0. The normalized spacial score (nSPS) is 10.2. The van der Waals surface area contributed by atoms with Crippen LogP contribution in [0.4, 0.5) is 10.1 Å². The van der Waals surface area contributed by atoms with Gasteiger partial charge in [-0.3, -0.25) is 4.79 Å². The van der Waals surface area contributed by atoms with E-state index in [0.717, 1.165) is 15.4 Å². The first-order valence-electron chi connectivity index (χ1n) is 5.81. The molecule has 0 bridgehead atoms. The van der Waals surface area contributed by atoms with E-state index in [9.17, 15) is 9.18 Å². The van der Waals surface area contributed by atoms with Crippen molar-refractivity contribution in [3.05, 3.63) is 52.0 Å². The lowest BCUT2D eigenvalue weighted by molar-refractivity contribution is -0.139. The summed E-state index contributed by atoms with van der Waals surface area (Å²) in [6, 6.07) is 10.2. The zero-order valence-corrected chi connectivity index (χ0v) is 11.3. The van der Waals surface area contributed by atoms with Crippen molar-refractivity contribution in [1.82, 2.24) is 0 Å². The van der Waals surface area contributed by atoms with Gasteiger partial charge in [0.05, 0.1) is 13.5 Å². The highest BCUT2D eigenvalue weighted by molar-refractivity contribution is 7.12. The second kappa shape index (κ2) is 6.33. The van der Waals surface area contributed by atoms with Crippen molar-refractivity contribution in [1.29, 1.82) is 0 Å². The Labute approximate surface area is 115 Å². The molecule has 1 aromatic carbocycles. The van der Waals surface area contributed by atoms with Crippen LogP contribution in [0, 0.1) is 5.82 Å². The van der Waals surface area contributed by atoms with Crippen LogP contribution in [0.3, 0.4) is 0 Å². The fraction of sp³-hybridized carbons (Fsp3) is 0.214. The smallest absolute Gasteiger partial charge is 0.310 e. The molecule has 1 N–H and O–H groups in total. The van der Waals surface area contributed by atoms with E-state index >= 15 is 0 Å². The topological polar surface area (TPSA) is 38.3 Å². The molecule has 2 aromatic rings. The fourth-order valence-electron chi connectivity index (χ4n) is 1.61. The van der Waals surface area contributed by atoms with Crippen molar-refractivity contribution in [3.8, 4) is 0 Å². The third-order valence-electron chi connectivity index (χ3n) is 2.55. The molecular weight excluding hydrogens is 265 g/mol. The minimum atomic E-state index is -0.262. The summed E-state index contributed by atoms with van der Waals surface area (Å²) in [6.07, 6.45) is 0.293. The average Bonchev–Trinajstić information content (AvgIpc) is 2.84. The first kappa shape index (κ1) is 13.5. The van der Waals surface area contributed by atoms with E-state index in [-0.39, 0.29) is 11.8 Å². The molecule has 1 aromatic heterocycles. The summed E-state index contributed by atoms with van der Waals surface area (Å²) in [6.45, 7) is 0.606. The highest BCUT2D eigenvalue weighted by Crippen LogP contribution is 2.19. The second-order valence-electron chi connectivity index (χ2n) is 3.98. The minimum absolute atomic E-state index is 0.244. The highest BCUT2D eigenvalue weighted by atomic mass is 32.1. The van der Waals surface area contributed by atoms with Crippen LogP contribution in [0.25, 0.3) is 0 Å². The standard InChI is InChI=1S/C14H14FNO2S/c1-18-14(17)8-12-5-6-13(19-12)9-16-11-4-2-3-10(15)7-11/h2-7,16H,8-9H2,1H3. The van der Waals surface area contributed by atoms with E-state index in [1.165, 1.54) is 19.2 Å². The molecule has 0 saturated heterocycles. The molecule has 0 radical (unpaired) electrons. The molecule has 2 rings (SSSR count). The largest absolute Gasteiger partial charge is 0.469 e. The molecule has 0 saturated carbocycles. The van der Waals surface area contributed by atoms with Gasteiger partial charge in [0.2, 0.25) is 0 Å². The Bertz CT molecular complexity index is 568. The predicted molar refractivity (Wildman–Crippen MR) is 73.8 cm³/mol. The van der Waals surface area contributed by atoms with Gasteiger partial charge in [0.15, 0.2) is 0 Å². The lowest BCUT2D eigenvalue weighted by atomic mass is 10.3. The van der Waals surface area contributed by atoms with Crippen LogP contribution in [-0.2, 0) is 22.5 Å². The third-order valence-corrected chi connectivity index (χ3v) is 3.64. The van der Waals surface area contributed by atoms with Crippen LogP contribution < -0.4 is 5.32 Å². The van der Waals surface area contributed by atoms with Crippen LogP contribution in [0.15, 0.2) is 36.4 Å². The van der Waals surface area contributed by atoms with E-state index in [0.29, 0.717) is 13.0 Å². The van der Waals surface area contributed by atoms with Gasteiger partial charge in [-0.25, -0.2) is 4.39 Å². The molecular formula is C14H14FNO2S. The van der Waals surface area contributed by atoms with Gasteiger partial charge in [-0.1, -0.05) is 6.07 Å². The van der Waals surface area contributed by atoms with Crippen LogP contribution in [-0.4, -0.2) is 13.1 Å². The lowest BCUT2D eigenvalue weighted by Gasteiger charge is -2.04. The van der Waals surface area contributed by atoms with Gasteiger partial charge < -0.3 is 10.1 Å². The summed E-state index contributed by atoms with van der Waals surface area (Å²) < 4.78 is 17.6. The first-order valence-corrected chi connectivity index (χ1v) is 6.63. The lowest BCUT2D eigenvalue weighted by Crippen LogP contribution is -2.02. The van der Waals surface area contributed by atoms with Gasteiger partial charge in [-0.2, -0.15) is 0 Å². The number of hydrogen-bond acceptors (Lipinski definition) is 4. The minimum Gasteiger partial charge on any atom is -0.469 e. The fourth-order valence-corrected chi connectivity index (χ4v) is 2.56. The quantitative estimate of drug-likeness (QED) is 0.854. The van der Waals surface area contributed by atoms with E-state index < -0.39 is 0 Å². The van der Waals surface area contributed by atoms with Crippen molar-refractivity contribution < 1.29 is 13.9 Å². The van der Waals surface area contributed by atoms with Crippen molar-refractivity contribution in [2.45, 2.75) is 13.0 Å². The molecule has 1 heterocycles. The van der Waals surface area contributed by atoms with Crippen molar-refractivity contribution >= 4 is 23.0 Å². The van der Waals surface area contributed by atoms with Crippen LogP contribution in [0.2, 0.25) is 0 Å². The van der Waals surface area contributed by atoms with E-state index in [2.05, 4.69) is 10.1 Å². The number of nitrogens with one attached hydrogen (secondary N) is 1. The van der Waals surface area contributed by atoms with Crippen LogP contribution in [0.5, 0.6) is 0 Å². The summed E-state index contributed by atoms with van der Waals surface area (Å²) in [5, 5.41) is 3.14. The zero-order chi connectivity index (χ0) is 13.7. The van der Waals surface area contributed by atoms with E-state index in [4.69, 9.17) is 0 Å². The summed E-state index contributed by atoms with van der Waals surface area (Å²) in [7, 11) is 1.38. The molecule has 0 aliphatic rings.